The first-order valence-corrected chi connectivity index (χ1v) is 21.6. The molecule has 1 saturated carbocycles. The molecule has 7 aliphatic rings. The van der Waals surface area contributed by atoms with Gasteiger partial charge in [0.05, 0.1) is 18.3 Å². The summed E-state index contributed by atoms with van der Waals surface area (Å²) in [5, 5.41) is 12.6. The molecule has 1 spiro atoms. The van der Waals surface area contributed by atoms with E-state index in [9.17, 15) is 19.5 Å². The van der Waals surface area contributed by atoms with Crippen LogP contribution in [-0.4, -0.2) is 97.2 Å². The standard InChI is InChI=1S/C48H51N5O6/c54-36-10-11-37-42(21-36)59-29-39(31-4-2-1-3-5-31)45(37)32-6-8-34(9-7-32)51-16-14-48(15-17-51)23-30(24-48)25-50-18-19-52-35(27-50)28-58-43-22-38-33(20-41(43)52)26-53(47(38)57)40-12-13-44(55)49-46(40)56/h1-11,20-22,30,35,39-40,45,54H,12-19,23-29H2,(H,49,55,56)/t35-,39-,40-,45-/m1/s1. The van der Waals surface area contributed by atoms with Gasteiger partial charge in [-0.25, -0.2) is 0 Å². The van der Waals surface area contributed by atoms with Crippen molar-refractivity contribution in [3.63, 3.8) is 0 Å². The van der Waals surface area contributed by atoms with Gasteiger partial charge in [0.15, 0.2) is 0 Å². The Bertz CT molecular complexity index is 2300. The van der Waals surface area contributed by atoms with E-state index < -0.39 is 6.04 Å². The zero-order valence-corrected chi connectivity index (χ0v) is 33.4. The molecule has 59 heavy (non-hydrogen) atoms. The number of aromatic hydroxyl groups is 1. The lowest BCUT2D eigenvalue weighted by molar-refractivity contribution is -0.136. The van der Waals surface area contributed by atoms with Gasteiger partial charge in [-0.05, 0) is 90.5 Å². The van der Waals surface area contributed by atoms with Crippen LogP contribution in [-0.2, 0) is 16.1 Å². The number of phenols is 1. The monoisotopic (exact) mass is 793 g/mol. The van der Waals surface area contributed by atoms with Crippen molar-refractivity contribution in [2.75, 3.05) is 62.3 Å². The van der Waals surface area contributed by atoms with Gasteiger partial charge in [-0.2, -0.15) is 0 Å². The van der Waals surface area contributed by atoms with Crippen LogP contribution < -0.4 is 24.6 Å². The maximum absolute atomic E-state index is 13.4. The fraction of sp³-hybridized carbons (Fsp3) is 0.438. The van der Waals surface area contributed by atoms with Gasteiger partial charge >= 0.3 is 0 Å². The summed E-state index contributed by atoms with van der Waals surface area (Å²) in [6, 6.07) is 29.0. The molecule has 0 radical (unpaired) electrons. The van der Waals surface area contributed by atoms with Crippen molar-refractivity contribution in [2.24, 2.45) is 11.3 Å². The van der Waals surface area contributed by atoms with Gasteiger partial charge in [0.2, 0.25) is 11.8 Å². The summed E-state index contributed by atoms with van der Waals surface area (Å²) in [6.45, 7) is 7.78. The van der Waals surface area contributed by atoms with Crippen LogP contribution in [0.25, 0.3) is 0 Å². The van der Waals surface area contributed by atoms with Crippen LogP contribution in [0, 0.1) is 11.3 Å². The van der Waals surface area contributed by atoms with Crippen molar-refractivity contribution in [1.82, 2.24) is 15.1 Å². The summed E-state index contributed by atoms with van der Waals surface area (Å²) in [6.07, 6.45) is 5.72. The topological polar surface area (TPSA) is 115 Å². The third-order valence-corrected chi connectivity index (χ3v) is 14.7. The SMILES string of the molecule is O=C1CC[C@@H](N2Cc3cc4c(cc3C2=O)OC[C@H]2CN(CC3CC5(CCN(c6ccc([C@@H]7c8ccc(O)cc8OC[C@@H]7c7ccccc7)cc6)CC5)C3)CCN42)C(=O)N1. The molecule has 4 atom stereocenters. The van der Waals surface area contributed by atoms with Crippen LogP contribution in [0.4, 0.5) is 11.4 Å². The number of nitrogens with zero attached hydrogens (tertiary/aromatic N) is 4. The van der Waals surface area contributed by atoms with E-state index in [1.54, 1.807) is 17.0 Å². The molecule has 304 valence electrons. The lowest BCUT2D eigenvalue weighted by Crippen LogP contribution is -2.59. The van der Waals surface area contributed by atoms with E-state index in [2.05, 4.69) is 80.7 Å². The van der Waals surface area contributed by atoms with Gasteiger partial charge in [-0.15, -0.1) is 0 Å². The highest BCUT2D eigenvalue weighted by atomic mass is 16.5. The summed E-state index contributed by atoms with van der Waals surface area (Å²) in [4.78, 5) is 47.0. The lowest BCUT2D eigenvalue weighted by Gasteiger charge is -2.54. The molecular weight excluding hydrogens is 743 g/mol. The number of piperidine rings is 2. The number of phenolic OH excluding ortho intramolecular Hbond substituents is 1. The quantitative estimate of drug-likeness (QED) is 0.226. The number of carbonyl (C=O) groups excluding carboxylic acids is 3. The zero-order chi connectivity index (χ0) is 39.8. The van der Waals surface area contributed by atoms with Crippen molar-refractivity contribution in [3.8, 4) is 17.2 Å². The number of nitrogens with one attached hydrogen (secondary N) is 1. The van der Waals surface area contributed by atoms with Gasteiger partial charge in [0.25, 0.3) is 5.91 Å². The fourth-order valence-corrected chi connectivity index (χ4v) is 11.7. The first-order chi connectivity index (χ1) is 28.8. The van der Waals surface area contributed by atoms with Gasteiger partial charge < -0.3 is 29.3 Å². The minimum atomic E-state index is -0.618. The van der Waals surface area contributed by atoms with Gasteiger partial charge in [0, 0.05) is 87.0 Å². The molecule has 4 aromatic carbocycles. The Balaban J connectivity index is 0.687. The lowest BCUT2D eigenvalue weighted by atomic mass is 9.57. The summed E-state index contributed by atoms with van der Waals surface area (Å²) in [5.74, 6) is 1.99. The normalized spacial score (nSPS) is 26.2. The average Bonchev–Trinajstić information content (AvgIpc) is 3.56. The van der Waals surface area contributed by atoms with Gasteiger partial charge in [-0.3, -0.25) is 24.6 Å². The zero-order valence-electron chi connectivity index (χ0n) is 33.4. The molecule has 11 heteroatoms. The first-order valence-electron chi connectivity index (χ1n) is 21.6. The molecule has 1 aliphatic carbocycles. The third kappa shape index (κ3) is 6.49. The Morgan fingerprint density at radius 3 is 2.39 bits per heavy atom. The van der Waals surface area contributed by atoms with E-state index in [-0.39, 0.29) is 47.8 Å². The molecule has 0 unspecified atom stereocenters. The minimum Gasteiger partial charge on any atom is -0.508 e. The van der Waals surface area contributed by atoms with Crippen LogP contribution >= 0.6 is 0 Å². The number of amides is 3. The maximum atomic E-state index is 13.4. The number of rotatable bonds is 6. The molecule has 4 fully saturated rings. The van der Waals surface area contributed by atoms with E-state index in [1.165, 1.54) is 42.5 Å². The molecule has 11 nitrogen and oxygen atoms in total. The largest absolute Gasteiger partial charge is 0.508 e. The number of hydrogen-bond donors (Lipinski definition) is 2. The van der Waals surface area contributed by atoms with E-state index in [0.29, 0.717) is 37.2 Å². The Morgan fingerprint density at radius 2 is 1.59 bits per heavy atom. The smallest absolute Gasteiger partial charge is 0.255 e. The van der Waals surface area contributed by atoms with E-state index >= 15 is 0 Å². The number of hydrogen-bond acceptors (Lipinski definition) is 9. The Hall–Kier alpha value is -5.55. The number of fused-ring (bicyclic) bond motifs is 5. The van der Waals surface area contributed by atoms with Crippen LogP contribution in [0.2, 0.25) is 0 Å². The van der Waals surface area contributed by atoms with Crippen LogP contribution in [0.5, 0.6) is 17.2 Å². The Morgan fingerprint density at radius 1 is 0.797 bits per heavy atom. The third-order valence-electron chi connectivity index (χ3n) is 14.7. The molecule has 2 N–H and O–H groups in total. The second kappa shape index (κ2) is 14.3. The number of benzene rings is 4. The van der Waals surface area contributed by atoms with Crippen molar-refractivity contribution >= 4 is 29.1 Å². The molecule has 3 amide bonds. The second-order valence-electron chi connectivity index (χ2n) is 18.2. The molecule has 0 bridgehead atoms. The number of piperazine rings is 1. The molecule has 3 saturated heterocycles. The highest BCUT2D eigenvalue weighted by Gasteiger charge is 2.47. The predicted molar refractivity (Wildman–Crippen MR) is 223 cm³/mol. The van der Waals surface area contributed by atoms with Crippen molar-refractivity contribution < 1.29 is 29.0 Å². The number of anilines is 2. The van der Waals surface area contributed by atoms with E-state index in [4.69, 9.17) is 9.47 Å². The van der Waals surface area contributed by atoms with Gasteiger partial charge in [0.1, 0.15) is 29.9 Å². The average molecular weight is 794 g/mol. The molecule has 0 aromatic heterocycles. The fourth-order valence-electron chi connectivity index (χ4n) is 11.7. The summed E-state index contributed by atoms with van der Waals surface area (Å²) >= 11 is 0. The molecular formula is C48H51N5O6. The number of ether oxygens (including phenoxy) is 2. The Labute approximate surface area is 344 Å². The van der Waals surface area contributed by atoms with E-state index in [0.717, 1.165) is 73.5 Å². The minimum absolute atomic E-state index is 0.143. The molecule has 6 aliphatic heterocycles. The summed E-state index contributed by atoms with van der Waals surface area (Å²) in [7, 11) is 0. The van der Waals surface area contributed by atoms with Crippen molar-refractivity contribution in [1.29, 1.82) is 0 Å². The Kier molecular flexibility index (Phi) is 8.87. The maximum Gasteiger partial charge on any atom is 0.255 e. The van der Waals surface area contributed by atoms with Crippen molar-refractivity contribution in [3.05, 3.63) is 113 Å². The van der Waals surface area contributed by atoms with E-state index in [1.807, 2.05) is 12.1 Å². The number of imide groups is 1. The summed E-state index contributed by atoms with van der Waals surface area (Å²) < 4.78 is 12.5. The number of carbonyl (C=O) groups is 3. The molecule has 11 rings (SSSR count). The van der Waals surface area contributed by atoms with Crippen LogP contribution in [0.3, 0.4) is 0 Å². The second-order valence-corrected chi connectivity index (χ2v) is 18.2. The highest BCUT2D eigenvalue weighted by Crippen LogP contribution is 2.54. The van der Waals surface area contributed by atoms with Crippen LogP contribution in [0.1, 0.15) is 83.0 Å². The molecule has 4 aromatic rings. The first kappa shape index (κ1) is 36.5. The molecule has 6 heterocycles. The van der Waals surface area contributed by atoms with Crippen LogP contribution in [0.15, 0.2) is 84.9 Å². The van der Waals surface area contributed by atoms with Gasteiger partial charge in [-0.1, -0.05) is 48.5 Å². The predicted octanol–water partition coefficient (Wildman–Crippen LogP) is 6.04. The van der Waals surface area contributed by atoms with Crippen molar-refractivity contribution in [2.45, 2.75) is 69.0 Å². The highest BCUT2D eigenvalue weighted by molar-refractivity contribution is 6.06. The summed E-state index contributed by atoms with van der Waals surface area (Å²) in [5.41, 5.74) is 8.00.